The highest BCUT2D eigenvalue weighted by Gasteiger charge is 2.38. The smallest absolute Gasteiger partial charge is 0.147 e. The number of pyridine rings is 1. The van der Waals surface area contributed by atoms with E-state index in [4.69, 9.17) is 14.7 Å². The highest BCUT2D eigenvalue weighted by molar-refractivity contribution is 5.89. The summed E-state index contributed by atoms with van der Waals surface area (Å²) >= 11 is 0. The average Bonchev–Trinajstić information content (AvgIpc) is 2.92. The zero-order chi connectivity index (χ0) is 24.4. The molecule has 5 nitrogen and oxygen atoms in total. The Morgan fingerprint density at radius 3 is 2.16 bits per heavy atom. The van der Waals surface area contributed by atoms with Gasteiger partial charge in [0.2, 0.25) is 0 Å². The van der Waals surface area contributed by atoms with Crippen LogP contribution in [-0.2, 0) is 12.0 Å². The van der Waals surface area contributed by atoms with E-state index >= 15 is 0 Å². The summed E-state index contributed by atoms with van der Waals surface area (Å²) in [6, 6.07) is 29.0. The number of aromatic nitrogens is 3. The molecule has 186 valence electrons. The van der Waals surface area contributed by atoms with Crippen LogP contribution >= 0.6 is 0 Å². The maximum Gasteiger partial charge on any atom is 0.147 e. The van der Waals surface area contributed by atoms with Crippen molar-refractivity contribution in [3.8, 4) is 28.3 Å². The number of hydrogen-bond donors (Lipinski definition) is 1. The first-order chi connectivity index (χ1) is 17.7. The van der Waals surface area contributed by atoms with Gasteiger partial charge in [-0.25, -0.2) is 9.97 Å². The fourth-order valence-corrected chi connectivity index (χ4v) is 4.87. The molecule has 2 heterocycles. The fraction of sp³-hybridized carbons (Fsp3) is 0.194. The number of nitrogens with zero attached hydrogens (tertiary/aromatic N) is 3. The zero-order valence-corrected chi connectivity index (χ0v) is 21.4. The molecule has 6 rings (SSSR count). The molecule has 2 aromatic heterocycles. The number of fused-ring (bicyclic) bond motifs is 1. The number of benzene rings is 3. The minimum absolute atomic E-state index is 0. The predicted molar refractivity (Wildman–Crippen MR) is 142 cm³/mol. The number of rotatable bonds is 7. The second kappa shape index (κ2) is 10.7. The molecule has 0 amide bonds. The molecule has 0 spiro atoms. The van der Waals surface area contributed by atoms with Crippen LogP contribution in [0.15, 0.2) is 97.3 Å². The van der Waals surface area contributed by atoms with Crippen molar-refractivity contribution in [1.29, 1.82) is 0 Å². The summed E-state index contributed by atoms with van der Waals surface area (Å²) in [6.07, 6.45) is 7.98. The number of para-hydroxylation sites is 1. The number of ether oxygens (including phenoxy) is 1. The van der Waals surface area contributed by atoms with Gasteiger partial charge in [0.25, 0.3) is 0 Å². The van der Waals surface area contributed by atoms with Gasteiger partial charge in [-0.05, 0) is 36.2 Å². The largest absolute Gasteiger partial charge is 1.00 e. The Bertz CT molecular complexity index is 1490. The molecular formula is C31H29ClN4O. The molecule has 0 aliphatic heterocycles. The molecule has 37 heavy (non-hydrogen) atoms. The van der Waals surface area contributed by atoms with E-state index in [1.165, 1.54) is 17.5 Å². The lowest BCUT2D eigenvalue weighted by atomic mass is 9.72. The van der Waals surface area contributed by atoms with E-state index in [2.05, 4.69) is 47.1 Å². The van der Waals surface area contributed by atoms with E-state index in [9.17, 15) is 0 Å². The Balaban J connectivity index is 0.00000280. The van der Waals surface area contributed by atoms with Gasteiger partial charge in [0, 0.05) is 48.3 Å². The van der Waals surface area contributed by atoms with Crippen molar-refractivity contribution < 1.29 is 22.9 Å². The van der Waals surface area contributed by atoms with Gasteiger partial charge in [-0.15, -0.1) is 0 Å². The third-order valence-corrected chi connectivity index (χ3v) is 7.18. The summed E-state index contributed by atoms with van der Waals surface area (Å²) in [4.78, 5) is 14.3. The monoisotopic (exact) mass is 508 g/mol. The molecule has 0 atom stereocenters. The van der Waals surface area contributed by atoms with Crippen LogP contribution in [0.25, 0.3) is 33.5 Å². The first-order valence-corrected chi connectivity index (χ1v) is 12.5. The van der Waals surface area contributed by atoms with Crippen LogP contribution in [-0.4, -0.2) is 21.6 Å². The second-order valence-electron chi connectivity index (χ2n) is 9.58. The molecule has 1 aliphatic carbocycles. The van der Waals surface area contributed by atoms with E-state index in [1.807, 2.05) is 60.9 Å². The van der Waals surface area contributed by atoms with Gasteiger partial charge < -0.3 is 22.9 Å². The molecule has 0 unspecified atom stereocenters. The second-order valence-corrected chi connectivity index (χ2v) is 9.58. The van der Waals surface area contributed by atoms with Gasteiger partial charge in [0.1, 0.15) is 16.8 Å². The van der Waals surface area contributed by atoms with Crippen LogP contribution in [0, 0.1) is 0 Å². The first kappa shape index (κ1) is 24.9. The van der Waals surface area contributed by atoms with Gasteiger partial charge in [-0.3, -0.25) is 4.98 Å². The summed E-state index contributed by atoms with van der Waals surface area (Å²) < 4.78 is 6.20. The Kier molecular flexibility index (Phi) is 7.17. The summed E-state index contributed by atoms with van der Waals surface area (Å²) in [5.41, 5.74) is 12.4. The number of quaternary nitrogens is 1. The molecular weight excluding hydrogens is 480 g/mol. The minimum Gasteiger partial charge on any atom is -1.00 e. The van der Waals surface area contributed by atoms with Gasteiger partial charge in [0.05, 0.1) is 23.5 Å². The van der Waals surface area contributed by atoms with E-state index in [0.29, 0.717) is 6.61 Å². The molecule has 3 N–H and O–H groups in total. The summed E-state index contributed by atoms with van der Waals surface area (Å²) in [7, 11) is 0. The van der Waals surface area contributed by atoms with Gasteiger partial charge in [-0.2, -0.15) is 0 Å². The summed E-state index contributed by atoms with van der Waals surface area (Å²) in [5, 5.41) is 0. The number of halogens is 1. The maximum atomic E-state index is 6.20. The zero-order valence-electron chi connectivity index (χ0n) is 20.6. The lowest BCUT2D eigenvalue weighted by Gasteiger charge is -2.34. The highest BCUT2D eigenvalue weighted by atomic mass is 35.5. The van der Waals surface area contributed by atoms with Crippen LogP contribution in [0.2, 0.25) is 0 Å². The predicted octanol–water partition coefficient (Wildman–Crippen LogP) is 2.61. The quantitative estimate of drug-likeness (QED) is 0.367. The third-order valence-electron chi connectivity index (χ3n) is 7.18. The lowest BCUT2D eigenvalue weighted by molar-refractivity contribution is -0.509. The van der Waals surface area contributed by atoms with Crippen molar-refractivity contribution in [3.05, 3.63) is 108 Å². The Labute approximate surface area is 223 Å². The van der Waals surface area contributed by atoms with Crippen molar-refractivity contribution in [1.82, 2.24) is 15.0 Å². The highest BCUT2D eigenvalue weighted by Crippen LogP contribution is 2.38. The maximum absolute atomic E-state index is 6.20. The van der Waals surface area contributed by atoms with Gasteiger partial charge >= 0.3 is 0 Å². The van der Waals surface area contributed by atoms with Crippen molar-refractivity contribution in [2.24, 2.45) is 0 Å². The third kappa shape index (κ3) is 5.06. The Morgan fingerprint density at radius 1 is 0.757 bits per heavy atom. The van der Waals surface area contributed by atoms with Crippen LogP contribution in [0.1, 0.15) is 30.4 Å². The van der Waals surface area contributed by atoms with Gasteiger partial charge in [0.15, 0.2) is 0 Å². The van der Waals surface area contributed by atoms with Crippen LogP contribution in [0.5, 0.6) is 5.75 Å². The molecule has 1 aliphatic rings. The summed E-state index contributed by atoms with van der Waals surface area (Å²) in [6.45, 7) is 0.557. The van der Waals surface area contributed by atoms with Crippen molar-refractivity contribution >= 4 is 11.0 Å². The molecule has 1 saturated carbocycles. The van der Waals surface area contributed by atoms with Crippen molar-refractivity contribution in [3.63, 3.8) is 0 Å². The molecule has 6 heteroatoms. The molecule has 3 aromatic carbocycles. The van der Waals surface area contributed by atoms with E-state index in [0.717, 1.165) is 58.6 Å². The average molecular weight is 509 g/mol. The van der Waals surface area contributed by atoms with Crippen LogP contribution in [0.3, 0.4) is 0 Å². The first-order valence-electron chi connectivity index (χ1n) is 12.5. The van der Waals surface area contributed by atoms with E-state index in [1.54, 1.807) is 0 Å². The normalized spacial score (nSPS) is 14.0. The van der Waals surface area contributed by atoms with E-state index in [-0.39, 0.29) is 17.9 Å². The molecule has 0 radical (unpaired) electrons. The molecule has 0 saturated heterocycles. The molecule has 1 fully saturated rings. The topological polar surface area (TPSA) is 75.5 Å². The Morgan fingerprint density at radius 2 is 1.46 bits per heavy atom. The van der Waals surface area contributed by atoms with Gasteiger partial charge in [-0.1, -0.05) is 60.7 Å². The van der Waals surface area contributed by atoms with E-state index < -0.39 is 0 Å². The molecule has 5 aromatic rings. The SMILES string of the molecule is [Cl-].[NH3+]C1(c2ccc(-c3nc4cccc(OCCc5ccncc5)c4nc3-c3ccccc3)cc2)CCC1. The summed E-state index contributed by atoms with van der Waals surface area (Å²) in [5.74, 6) is 0.747. The van der Waals surface area contributed by atoms with Crippen LogP contribution < -0.4 is 22.9 Å². The standard InChI is InChI=1S/C31H28N4O.ClH/c32-31(17-5-18-31)25-12-10-24(11-13-25)28-29(23-6-2-1-3-7-23)35-30-26(34-28)8-4-9-27(30)36-21-16-22-14-19-33-20-15-22;/h1-4,6-15,19-20H,5,16-18,21,32H2;1H. The molecule has 0 bridgehead atoms. The minimum atomic E-state index is 0. The van der Waals surface area contributed by atoms with Crippen molar-refractivity contribution in [2.45, 2.75) is 31.2 Å². The fourth-order valence-electron chi connectivity index (χ4n) is 4.87. The number of hydrogen-bond acceptors (Lipinski definition) is 4. The Hall–Kier alpha value is -3.80. The van der Waals surface area contributed by atoms with Crippen molar-refractivity contribution in [2.75, 3.05) is 6.61 Å². The lowest BCUT2D eigenvalue weighted by Crippen LogP contribution is -3.00. The van der Waals surface area contributed by atoms with Crippen LogP contribution in [0.4, 0.5) is 0 Å².